The molecule has 0 radical (unpaired) electrons. The van der Waals surface area contributed by atoms with Crippen LogP contribution in [-0.4, -0.2) is 0 Å². The Labute approximate surface area is 107 Å². The molecule has 2 aromatic rings. The van der Waals surface area contributed by atoms with Crippen LogP contribution in [-0.2, 0) is 0 Å². The van der Waals surface area contributed by atoms with Crippen LogP contribution in [0.4, 0.5) is 0 Å². The summed E-state index contributed by atoms with van der Waals surface area (Å²) in [7, 11) is 0. The molecule has 0 saturated heterocycles. The zero-order valence-electron chi connectivity index (χ0n) is 9.49. The highest BCUT2D eigenvalue weighted by molar-refractivity contribution is 6.32. The first-order valence-electron chi connectivity index (χ1n) is 5.88. The summed E-state index contributed by atoms with van der Waals surface area (Å²) >= 11 is 6.31. The van der Waals surface area contributed by atoms with Gasteiger partial charge in [0.25, 0.3) is 0 Å². The molecule has 84 valence electrons. The Hall–Kier alpha value is -1.53. The van der Waals surface area contributed by atoms with Crippen molar-refractivity contribution in [2.45, 2.75) is 12.8 Å². The second-order valence-corrected chi connectivity index (χ2v) is 4.73. The Morgan fingerprint density at radius 1 is 0.824 bits per heavy atom. The zero-order valence-corrected chi connectivity index (χ0v) is 10.2. The molecule has 0 atom stereocenters. The molecular formula is C16H13Cl. The lowest BCUT2D eigenvalue weighted by Crippen LogP contribution is -1.89. The third-order valence-corrected chi connectivity index (χ3v) is 3.39. The van der Waals surface area contributed by atoms with Crippen LogP contribution in [0, 0.1) is 0 Å². The molecule has 0 unspecified atom stereocenters. The molecule has 2 aromatic carbocycles. The van der Waals surface area contributed by atoms with E-state index in [0.29, 0.717) is 0 Å². The summed E-state index contributed by atoms with van der Waals surface area (Å²) in [5.74, 6) is 0. The summed E-state index contributed by atoms with van der Waals surface area (Å²) in [6.45, 7) is 0. The van der Waals surface area contributed by atoms with E-state index in [1.807, 2.05) is 24.3 Å². The largest absolute Gasteiger partial charge is 0.0837 e. The van der Waals surface area contributed by atoms with Crippen LogP contribution in [0.1, 0.15) is 24.0 Å². The van der Waals surface area contributed by atoms with E-state index in [0.717, 1.165) is 10.6 Å². The van der Waals surface area contributed by atoms with E-state index < -0.39 is 0 Å². The number of benzene rings is 2. The Bertz CT molecular complexity index is 561. The van der Waals surface area contributed by atoms with Gasteiger partial charge in [-0.2, -0.15) is 0 Å². The van der Waals surface area contributed by atoms with Gasteiger partial charge in [0.15, 0.2) is 0 Å². The van der Waals surface area contributed by atoms with E-state index in [-0.39, 0.29) is 0 Å². The molecule has 1 aliphatic rings. The second kappa shape index (κ2) is 4.38. The lowest BCUT2D eigenvalue weighted by molar-refractivity contribution is 1.50. The normalized spacial score (nSPS) is 13.6. The molecule has 0 amide bonds. The van der Waals surface area contributed by atoms with Gasteiger partial charge in [0.05, 0.1) is 0 Å². The van der Waals surface area contributed by atoms with Crippen LogP contribution in [0.2, 0.25) is 5.02 Å². The summed E-state index contributed by atoms with van der Waals surface area (Å²) in [4.78, 5) is 0. The van der Waals surface area contributed by atoms with Crippen LogP contribution in [0.3, 0.4) is 0 Å². The smallest absolute Gasteiger partial charge is 0.0484 e. The molecule has 0 aliphatic heterocycles. The average molecular weight is 241 g/mol. The van der Waals surface area contributed by atoms with Gasteiger partial charge in [-0.25, -0.2) is 0 Å². The van der Waals surface area contributed by atoms with Crippen LogP contribution < -0.4 is 0 Å². The standard InChI is InChI=1S/C16H13Cl/c17-15-9-5-4-8-14(15)16(13-10-11-13)12-6-2-1-3-7-12/h1-9H,10-11H2. The van der Waals surface area contributed by atoms with E-state index in [4.69, 9.17) is 11.6 Å². The van der Waals surface area contributed by atoms with Crippen molar-refractivity contribution in [2.24, 2.45) is 0 Å². The molecule has 0 spiro atoms. The summed E-state index contributed by atoms with van der Waals surface area (Å²) in [5, 5.41) is 0.839. The van der Waals surface area contributed by atoms with Gasteiger partial charge in [-0.05, 0) is 30.0 Å². The van der Waals surface area contributed by atoms with Crippen LogP contribution in [0.15, 0.2) is 60.2 Å². The van der Waals surface area contributed by atoms with Crippen molar-refractivity contribution in [1.29, 1.82) is 0 Å². The number of allylic oxidation sites excluding steroid dienone is 1. The van der Waals surface area contributed by atoms with E-state index in [2.05, 4.69) is 30.3 Å². The topological polar surface area (TPSA) is 0 Å². The van der Waals surface area contributed by atoms with Crippen molar-refractivity contribution in [1.82, 2.24) is 0 Å². The highest BCUT2D eigenvalue weighted by Crippen LogP contribution is 2.41. The van der Waals surface area contributed by atoms with Crippen molar-refractivity contribution in [3.8, 4) is 0 Å². The average Bonchev–Trinajstić information content (AvgIpc) is 3.18. The minimum atomic E-state index is 0.839. The van der Waals surface area contributed by atoms with E-state index in [1.54, 1.807) is 0 Å². The Kier molecular flexibility index (Phi) is 2.74. The number of hydrogen-bond acceptors (Lipinski definition) is 0. The van der Waals surface area contributed by atoms with Gasteiger partial charge >= 0.3 is 0 Å². The predicted molar refractivity (Wildman–Crippen MR) is 73.2 cm³/mol. The van der Waals surface area contributed by atoms with Crippen molar-refractivity contribution in [3.05, 3.63) is 76.3 Å². The first-order valence-corrected chi connectivity index (χ1v) is 6.26. The molecule has 3 rings (SSSR count). The third kappa shape index (κ3) is 2.13. The van der Waals surface area contributed by atoms with E-state index in [1.165, 1.54) is 29.6 Å². The lowest BCUT2D eigenvalue weighted by Gasteiger charge is -2.09. The van der Waals surface area contributed by atoms with Crippen molar-refractivity contribution in [3.63, 3.8) is 0 Å². The molecule has 1 fully saturated rings. The minimum absolute atomic E-state index is 0.839. The molecule has 1 heteroatoms. The van der Waals surface area contributed by atoms with Gasteiger partial charge < -0.3 is 0 Å². The fourth-order valence-corrected chi connectivity index (χ4v) is 2.36. The summed E-state index contributed by atoms with van der Waals surface area (Å²) in [6, 6.07) is 18.6. The number of hydrogen-bond donors (Lipinski definition) is 0. The monoisotopic (exact) mass is 240 g/mol. The number of rotatable bonds is 2. The first-order chi connectivity index (χ1) is 8.36. The van der Waals surface area contributed by atoms with Crippen molar-refractivity contribution in [2.75, 3.05) is 0 Å². The first kappa shape index (κ1) is 10.6. The molecule has 0 N–H and O–H groups in total. The molecular weight excluding hydrogens is 228 g/mol. The molecule has 0 heterocycles. The zero-order chi connectivity index (χ0) is 11.7. The molecule has 0 bridgehead atoms. The Balaban J connectivity index is 2.16. The quantitative estimate of drug-likeness (QED) is 0.698. The SMILES string of the molecule is Clc1ccccc1C(=C1CC1)c1ccccc1. The molecule has 0 aromatic heterocycles. The summed E-state index contributed by atoms with van der Waals surface area (Å²) < 4.78 is 0. The van der Waals surface area contributed by atoms with Crippen LogP contribution in [0.25, 0.3) is 5.57 Å². The van der Waals surface area contributed by atoms with Crippen molar-refractivity contribution < 1.29 is 0 Å². The predicted octanol–water partition coefficient (Wildman–Crippen LogP) is 4.94. The van der Waals surface area contributed by atoms with E-state index >= 15 is 0 Å². The van der Waals surface area contributed by atoms with Crippen LogP contribution >= 0.6 is 11.6 Å². The molecule has 0 nitrogen and oxygen atoms in total. The molecule has 1 saturated carbocycles. The maximum atomic E-state index is 6.31. The lowest BCUT2D eigenvalue weighted by atomic mass is 9.97. The van der Waals surface area contributed by atoms with E-state index in [9.17, 15) is 0 Å². The van der Waals surface area contributed by atoms with Gasteiger partial charge in [-0.1, -0.05) is 65.7 Å². The number of halogens is 1. The van der Waals surface area contributed by atoms with Gasteiger partial charge in [-0.3, -0.25) is 0 Å². The Morgan fingerprint density at radius 3 is 2.12 bits per heavy atom. The molecule has 1 aliphatic carbocycles. The van der Waals surface area contributed by atoms with Crippen molar-refractivity contribution >= 4 is 17.2 Å². The maximum absolute atomic E-state index is 6.31. The fraction of sp³-hybridized carbons (Fsp3) is 0.125. The maximum Gasteiger partial charge on any atom is 0.0484 e. The Morgan fingerprint density at radius 2 is 1.47 bits per heavy atom. The highest BCUT2D eigenvalue weighted by Gasteiger charge is 2.21. The van der Waals surface area contributed by atoms with Gasteiger partial charge in [-0.15, -0.1) is 0 Å². The second-order valence-electron chi connectivity index (χ2n) is 4.32. The summed E-state index contributed by atoms with van der Waals surface area (Å²) in [5.41, 5.74) is 5.28. The van der Waals surface area contributed by atoms with Gasteiger partial charge in [0, 0.05) is 10.6 Å². The van der Waals surface area contributed by atoms with Gasteiger partial charge in [0.1, 0.15) is 0 Å². The highest BCUT2D eigenvalue weighted by atomic mass is 35.5. The fourth-order valence-electron chi connectivity index (χ4n) is 2.13. The summed E-state index contributed by atoms with van der Waals surface area (Å²) in [6.07, 6.45) is 2.41. The third-order valence-electron chi connectivity index (χ3n) is 3.06. The van der Waals surface area contributed by atoms with Crippen LogP contribution in [0.5, 0.6) is 0 Å². The van der Waals surface area contributed by atoms with Gasteiger partial charge in [0.2, 0.25) is 0 Å². The molecule has 17 heavy (non-hydrogen) atoms. The minimum Gasteiger partial charge on any atom is -0.0837 e.